The summed E-state index contributed by atoms with van der Waals surface area (Å²) in [5, 5.41) is 10.5. The Morgan fingerprint density at radius 2 is 1.90 bits per heavy atom. The average molecular weight is 590 g/mol. The van der Waals surface area contributed by atoms with Crippen LogP contribution in [0.1, 0.15) is 56.9 Å². The van der Waals surface area contributed by atoms with Crippen molar-refractivity contribution in [2.45, 2.75) is 57.4 Å². The molecule has 3 atom stereocenters. The van der Waals surface area contributed by atoms with Gasteiger partial charge in [-0.2, -0.15) is 0 Å². The van der Waals surface area contributed by atoms with Crippen LogP contribution in [0.15, 0.2) is 12.1 Å². The van der Waals surface area contributed by atoms with Crippen LogP contribution in [-0.4, -0.2) is 129 Å². The van der Waals surface area contributed by atoms with E-state index in [4.69, 9.17) is 14.2 Å². The maximum absolute atomic E-state index is 13.8. The van der Waals surface area contributed by atoms with E-state index in [-0.39, 0.29) is 25.2 Å². The number of unbranched alkanes of at least 4 members (excludes halogenated alkanes) is 2. The first-order valence-corrected chi connectivity index (χ1v) is 15.3. The van der Waals surface area contributed by atoms with Crippen LogP contribution in [0.4, 0.5) is 0 Å². The molecule has 3 unspecified atom stereocenters. The lowest BCUT2D eigenvalue weighted by molar-refractivity contribution is -0.870. The van der Waals surface area contributed by atoms with Crippen LogP contribution in [0.25, 0.3) is 0 Å². The molecule has 3 aliphatic heterocycles. The number of methoxy groups -OCH3 is 1. The molecule has 1 aromatic rings. The molecule has 3 aliphatic rings. The number of hydrogen-bond donors (Lipinski definition) is 1. The van der Waals surface area contributed by atoms with Crippen LogP contribution in [-0.2, 0) is 14.4 Å². The van der Waals surface area contributed by atoms with E-state index in [1.54, 1.807) is 12.0 Å². The summed E-state index contributed by atoms with van der Waals surface area (Å²) in [5.74, 6) is -0.598. The third-order valence-electron chi connectivity index (χ3n) is 8.70. The molecule has 0 bridgehead atoms. The van der Waals surface area contributed by atoms with Crippen molar-refractivity contribution in [1.82, 2.24) is 14.7 Å². The summed E-state index contributed by atoms with van der Waals surface area (Å²) in [4.78, 5) is 45.0. The number of carboxylic acids is 1. The Morgan fingerprint density at radius 3 is 2.55 bits per heavy atom. The summed E-state index contributed by atoms with van der Waals surface area (Å²) in [6.45, 7) is 6.00. The molecule has 2 fully saturated rings. The number of benzene rings is 1. The number of carbonyl (C=O) groups is 3. The first-order valence-electron chi connectivity index (χ1n) is 15.3. The number of fused-ring (bicyclic) bond motifs is 1. The van der Waals surface area contributed by atoms with Crippen molar-refractivity contribution in [3.05, 3.63) is 17.7 Å². The summed E-state index contributed by atoms with van der Waals surface area (Å²) >= 11 is 0. The maximum atomic E-state index is 13.8. The number of hydrogen-bond acceptors (Lipinski definition) is 7. The number of likely N-dealkylation sites (tertiary alicyclic amines) is 2. The molecule has 0 radical (unpaired) electrons. The second-order valence-corrected chi connectivity index (χ2v) is 12.8. The normalized spacial score (nSPS) is 22.2. The van der Waals surface area contributed by atoms with Crippen LogP contribution in [0.2, 0.25) is 0 Å². The Hall–Kier alpha value is -3.05. The predicted molar refractivity (Wildman–Crippen MR) is 158 cm³/mol. The van der Waals surface area contributed by atoms with Gasteiger partial charge in [0.05, 0.1) is 47.3 Å². The van der Waals surface area contributed by atoms with Crippen LogP contribution >= 0.6 is 0 Å². The Labute approximate surface area is 249 Å². The smallest absolute Gasteiger partial charge is 0.308 e. The number of carboxylic acid groups (broad SMARTS) is 1. The lowest BCUT2D eigenvalue weighted by atomic mass is 9.84. The quantitative estimate of drug-likeness (QED) is 0.246. The van der Waals surface area contributed by atoms with Crippen LogP contribution < -0.4 is 14.2 Å². The van der Waals surface area contributed by atoms with Gasteiger partial charge in [0.15, 0.2) is 11.5 Å². The summed E-state index contributed by atoms with van der Waals surface area (Å²) in [5.41, 5.74) is 0.763. The Kier molecular flexibility index (Phi) is 10.6. The molecule has 1 aromatic carbocycles. The van der Waals surface area contributed by atoms with Crippen molar-refractivity contribution >= 4 is 17.8 Å². The van der Waals surface area contributed by atoms with Gasteiger partial charge in [0.1, 0.15) is 0 Å². The van der Waals surface area contributed by atoms with Crippen molar-refractivity contribution in [2.75, 3.05) is 80.9 Å². The number of ether oxygens (including phenoxy) is 3. The highest BCUT2D eigenvalue weighted by Gasteiger charge is 2.49. The van der Waals surface area contributed by atoms with Gasteiger partial charge in [0.2, 0.25) is 24.4 Å². The highest BCUT2D eigenvalue weighted by atomic mass is 16.7. The number of rotatable bonds is 15. The van der Waals surface area contributed by atoms with E-state index in [9.17, 15) is 19.5 Å². The minimum atomic E-state index is -0.939. The van der Waals surface area contributed by atoms with Crippen molar-refractivity contribution in [2.24, 2.45) is 5.92 Å². The molecular weight excluding hydrogens is 540 g/mol. The van der Waals surface area contributed by atoms with E-state index < -0.39 is 23.8 Å². The highest BCUT2D eigenvalue weighted by Crippen LogP contribution is 2.47. The number of carbonyl (C=O) groups excluding carboxylic acids is 2. The van der Waals surface area contributed by atoms with Gasteiger partial charge in [0.25, 0.3) is 0 Å². The van der Waals surface area contributed by atoms with E-state index in [2.05, 4.69) is 28.1 Å². The standard InChI is InChI=1S/C31H48N4O7/c1-6-7-12-32(13-8-9-15-35(2,3)4)28(37)20-34-18-23(22-16-25(40-5)30-26(17-22)41-21-42-30)29(31(38)39)24(34)19-33-14-10-11-27(33)36/h16-17,23-24,29H,6-15,18-21H2,1-5H3/p+1. The zero-order chi connectivity index (χ0) is 30.4. The molecule has 11 nitrogen and oxygen atoms in total. The van der Waals surface area contributed by atoms with Crippen LogP contribution in [0, 0.1) is 5.92 Å². The van der Waals surface area contributed by atoms with Crippen molar-refractivity contribution in [3.63, 3.8) is 0 Å². The minimum absolute atomic E-state index is 0.0134. The largest absolute Gasteiger partial charge is 0.493 e. The number of quaternary nitrogens is 1. The molecule has 2 saturated heterocycles. The molecule has 1 N–H and O–H groups in total. The SMILES string of the molecule is CCCCN(CCCC[N+](C)(C)C)C(=O)CN1CC(c2cc(OC)c3c(c2)OCO3)C(C(=O)O)C1CN1CCCC1=O. The Bertz CT molecular complexity index is 1120. The summed E-state index contributed by atoms with van der Waals surface area (Å²) < 4.78 is 17.6. The van der Waals surface area contributed by atoms with Crippen molar-refractivity contribution < 1.29 is 38.2 Å². The van der Waals surface area contributed by atoms with E-state index in [0.717, 1.165) is 48.7 Å². The molecule has 3 heterocycles. The van der Waals surface area contributed by atoms with E-state index in [1.807, 2.05) is 21.9 Å². The maximum Gasteiger partial charge on any atom is 0.308 e. The van der Waals surface area contributed by atoms with Crippen molar-refractivity contribution in [1.29, 1.82) is 0 Å². The van der Waals surface area contributed by atoms with Crippen molar-refractivity contribution in [3.8, 4) is 17.2 Å². The van der Waals surface area contributed by atoms with Gasteiger partial charge < -0.3 is 33.6 Å². The first kappa shape index (κ1) is 31.9. The fraction of sp³-hybridized carbons (Fsp3) is 0.710. The summed E-state index contributed by atoms with van der Waals surface area (Å²) in [6.07, 6.45) is 5.10. The van der Waals surface area contributed by atoms with E-state index >= 15 is 0 Å². The van der Waals surface area contributed by atoms with Gasteiger partial charge in [-0.25, -0.2) is 0 Å². The van der Waals surface area contributed by atoms with Crippen LogP contribution in [0.5, 0.6) is 17.2 Å². The fourth-order valence-electron chi connectivity index (χ4n) is 6.42. The molecule has 42 heavy (non-hydrogen) atoms. The van der Waals surface area contributed by atoms with Gasteiger partial charge in [-0.15, -0.1) is 0 Å². The first-order chi connectivity index (χ1) is 20.0. The third-order valence-corrected chi connectivity index (χ3v) is 8.70. The molecule has 234 valence electrons. The lowest BCUT2D eigenvalue weighted by Crippen LogP contribution is -2.49. The molecule has 11 heteroatoms. The average Bonchev–Trinajstić information content (AvgIpc) is 3.66. The van der Waals surface area contributed by atoms with E-state index in [1.165, 1.54) is 0 Å². The van der Waals surface area contributed by atoms with Gasteiger partial charge in [0, 0.05) is 51.1 Å². The van der Waals surface area contributed by atoms with Gasteiger partial charge in [-0.05, 0) is 43.4 Å². The third kappa shape index (κ3) is 7.66. The molecule has 0 aromatic heterocycles. The number of nitrogens with zero attached hydrogens (tertiary/aromatic N) is 4. The molecule has 0 spiro atoms. The number of amides is 2. The number of aliphatic carboxylic acids is 1. The summed E-state index contributed by atoms with van der Waals surface area (Å²) in [6, 6.07) is 3.15. The van der Waals surface area contributed by atoms with Gasteiger partial charge in [-0.3, -0.25) is 19.3 Å². The highest BCUT2D eigenvalue weighted by molar-refractivity contribution is 5.80. The second kappa shape index (κ2) is 13.9. The molecule has 4 rings (SSSR count). The van der Waals surface area contributed by atoms with Crippen LogP contribution in [0.3, 0.4) is 0 Å². The fourth-order valence-corrected chi connectivity index (χ4v) is 6.42. The molecular formula is C31H49N4O7+. The second-order valence-electron chi connectivity index (χ2n) is 12.8. The van der Waals surface area contributed by atoms with Gasteiger partial charge >= 0.3 is 5.97 Å². The summed E-state index contributed by atoms with van der Waals surface area (Å²) in [7, 11) is 8.06. The zero-order valence-electron chi connectivity index (χ0n) is 26.0. The Balaban J connectivity index is 1.58. The molecule has 0 aliphatic carbocycles. The van der Waals surface area contributed by atoms with E-state index in [0.29, 0.717) is 56.4 Å². The predicted octanol–water partition coefficient (Wildman–Crippen LogP) is 2.63. The molecule has 2 amide bonds. The molecule has 0 saturated carbocycles. The minimum Gasteiger partial charge on any atom is -0.493 e. The Morgan fingerprint density at radius 1 is 1.14 bits per heavy atom. The lowest BCUT2D eigenvalue weighted by Gasteiger charge is -2.32. The monoisotopic (exact) mass is 589 g/mol. The topological polar surface area (TPSA) is 109 Å². The zero-order valence-corrected chi connectivity index (χ0v) is 26.0. The van der Waals surface area contributed by atoms with Gasteiger partial charge in [-0.1, -0.05) is 13.3 Å².